The monoisotopic (exact) mass is 794 g/mol. The van der Waals surface area contributed by atoms with Gasteiger partial charge in [0.05, 0.1) is 36.0 Å². The van der Waals surface area contributed by atoms with Gasteiger partial charge in [-0.25, -0.2) is 0 Å². The molecular formula is C38H44F6N6O6. The van der Waals surface area contributed by atoms with Crippen molar-refractivity contribution >= 4 is 28.7 Å². The molecule has 0 atom stereocenters. The summed E-state index contributed by atoms with van der Waals surface area (Å²) in [6, 6.07) is 13.9. The number of rotatable bonds is 12. The van der Waals surface area contributed by atoms with Gasteiger partial charge in [0.25, 0.3) is 11.1 Å². The van der Waals surface area contributed by atoms with Gasteiger partial charge in [0.1, 0.15) is 0 Å². The number of carbonyl (C=O) groups excluding carboxylic acids is 1. The number of benzene rings is 2. The Labute approximate surface area is 318 Å². The Morgan fingerprint density at radius 3 is 1.68 bits per heavy atom. The molecule has 18 heteroatoms. The zero-order valence-corrected chi connectivity index (χ0v) is 31.2. The molecule has 1 fully saturated rings. The van der Waals surface area contributed by atoms with Gasteiger partial charge in [-0.05, 0) is 85.3 Å². The number of pyridine rings is 2. The average Bonchev–Trinajstić information content (AvgIpc) is 3.13. The van der Waals surface area contributed by atoms with Gasteiger partial charge in [0.2, 0.25) is 5.91 Å². The van der Waals surface area contributed by atoms with Gasteiger partial charge in [-0.3, -0.25) is 23.9 Å². The van der Waals surface area contributed by atoms with Crippen LogP contribution in [0.2, 0.25) is 0 Å². The van der Waals surface area contributed by atoms with Crippen molar-refractivity contribution in [1.82, 2.24) is 9.13 Å². The van der Waals surface area contributed by atoms with Crippen LogP contribution in [0.25, 0.3) is 22.3 Å². The van der Waals surface area contributed by atoms with Gasteiger partial charge in [0, 0.05) is 69.8 Å². The molecule has 4 aromatic rings. The highest BCUT2D eigenvalue weighted by Crippen LogP contribution is 2.31. The number of hydrogen-bond donors (Lipinski definition) is 4. The van der Waals surface area contributed by atoms with Crippen molar-refractivity contribution in [2.24, 2.45) is 20.0 Å². The van der Waals surface area contributed by atoms with E-state index in [0.717, 1.165) is 22.3 Å². The molecule has 304 valence electrons. The van der Waals surface area contributed by atoms with Crippen molar-refractivity contribution in [1.29, 1.82) is 0 Å². The molecule has 0 bridgehead atoms. The molecule has 2 aromatic heterocycles. The molecule has 5 rings (SSSR count). The molecule has 1 aliphatic heterocycles. The number of nitrogens with two attached hydrogens (primary N) is 1. The summed E-state index contributed by atoms with van der Waals surface area (Å²) in [7, 11) is 3.30. The predicted molar refractivity (Wildman–Crippen MR) is 201 cm³/mol. The van der Waals surface area contributed by atoms with E-state index in [1.807, 2.05) is 0 Å². The lowest BCUT2D eigenvalue weighted by molar-refractivity contribution is -0.323. The van der Waals surface area contributed by atoms with Crippen molar-refractivity contribution in [3.05, 3.63) is 92.8 Å². The molecule has 0 unspecified atom stereocenters. The van der Waals surface area contributed by atoms with Crippen LogP contribution < -0.4 is 32.8 Å². The maximum absolute atomic E-state index is 12.7. The summed E-state index contributed by atoms with van der Waals surface area (Å²) < 4.78 is 88.5. The van der Waals surface area contributed by atoms with E-state index in [1.165, 1.54) is 9.13 Å². The topological polar surface area (TPSA) is 151 Å². The molecule has 0 radical (unpaired) electrons. The summed E-state index contributed by atoms with van der Waals surface area (Å²) in [5.41, 5.74) is 11.7. The van der Waals surface area contributed by atoms with Crippen LogP contribution in [-0.2, 0) is 33.1 Å². The number of carbonyl (C=O) groups is 1. The third-order valence-electron chi connectivity index (χ3n) is 8.68. The molecular weight excluding hydrogens is 750 g/mol. The fourth-order valence-electron chi connectivity index (χ4n) is 5.84. The second-order valence-electron chi connectivity index (χ2n) is 13.0. The lowest BCUT2D eigenvalue weighted by Gasteiger charge is -2.22. The van der Waals surface area contributed by atoms with E-state index in [0.29, 0.717) is 59.9 Å². The van der Waals surface area contributed by atoms with E-state index in [2.05, 4.69) is 25.4 Å². The highest BCUT2D eigenvalue weighted by atomic mass is 19.4. The lowest BCUT2D eigenvalue weighted by atomic mass is 9.99. The highest BCUT2D eigenvalue weighted by molar-refractivity contribution is 5.96. The van der Waals surface area contributed by atoms with Crippen LogP contribution in [0.1, 0.15) is 24.0 Å². The summed E-state index contributed by atoms with van der Waals surface area (Å²) in [6.45, 7) is 3.20. The second kappa shape index (κ2) is 19.0. The molecule has 2 aromatic carbocycles. The second-order valence-corrected chi connectivity index (χ2v) is 13.0. The van der Waals surface area contributed by atoms with Crippen molar-refractivity contribution < 1.29 is 45.3 Å². The van der Waals surface area contributed by atoms with Crippen molar-refractivity contribution in [3.8, 4) is 22.3 Å². The fraction of sp³-hybridized carbons (Fsp3) is 0.395. The molecule has 1 saturated heterocycles. The van der Waals surface area contributed by atoms with Crippen LogP contribution in [0.5, 0.6) is 0 Å². The molecule has 56 heavy (non-hydrogen) atoms. The molecule has 1 amide bonds. The third-order valence-corrected chi connectivity index (χ3v) is 8.68. The van der Waals surface area contributed by atoms with Crippen molar-refractivity contribution in [2.45, 2.75) is 39.4 Å². The normalized spacial score (nSPS) is 13.5. The first-order valence-electron chi connectivity index (χ1n) is 17.5. The molecule has 3 heterocycles. The molecule has 0 saturated carbocycles. The molecule has 0 aliphatic carbocycles. The van der Waals surface area contributed by atoms with Gasteiger partial charge >= 0.3 is 12.7 Å². The summed E-state index contributed by atoms with van der Waals surface area (Å²) in [5, 5.41) is 8.60. The van der Waals surface area contributed by atoms with E-state index in [9.17, 15) is 40.7 Å². The Hall–Kier alpha value is -5.33. The first-order valence-corrected chi connectivity index (χ1v) is 17.5. The van der Waals surface area contributed by atoms with E-state index in [-0.39, 0.29) is 36.0 Å². The van der Waals surface area contributed by atoms with E-state index in [4.69, 9.17) is 10.5 Å². The van der Waals surface area contributed by atoms with Crippen LogP contribution in [0.4, 0.5) is 49.1 Å². The molecule has 12 nitrogen and oxygen atoms in total. The zero-order chi connectivity index (χ0) is 41.2. The van der Waals surface area contributed by atoms with Crippen LogP contribution in [0, 0.1) is 19.8 Å². The van der Waals surface area contributed by atoms with Crippen molar-refractivity contribution in [2.75, 3.05) is 61.2 Å². The highest BCUT2D eigenvalue weighted by Gasteiger charge is 2.29. The van der Waals surface area contributed by atoms with Gasteiger partial charge in [-0.2, -0.15) is 0 Å². The number of nitrogen functional groups attached to an aromatic ring is 1. The number of nitrogens with zero attached hydrogens (tertiary/aromatic N) is 2. The van der Waals surface area contributed by atoms with Crippen LogP contribution >= 0.6 is 0 Å². The van der Waals surface area contributed by atoms with Crippen LogP contribution in [-0.4, -0.2) is 67.3 Å². The van der Waals surface area contributed by atoms with E-state index in [1.54, 1.807) is 88.9 Å². The third kappa shape index (κ3) is 12.9. The van der Waals surface area contributed by atoms with Crippen LogP contribution in [0.15, 0.2) is 70.5 Å². The number of halogens is 6. The number of nitrogens with one attached hydrogen (secondary N) is 3. The van der Waals surface area contributed by atoms with Gasteiger partial charge in [0.15, 0.2) is 0 Å². The average molecular weight is 795 g/mol. The Kier molecular flexibility index (Phi) is 14.7. The van der Waals surface area contributed by atoms with Gasteiger partial charge in [-0.1, -0.05) is 12.1 Å². The maximum atomic E-state index is 12.7. The van der Waals surface area contributed by atoms with Crippen LogP contribution in [0.3, 0.4) is 0 Å². The standard InChI is InChI=1S/C22H26F3N3O4.C16H18F3N3O2/c1-14-11-17(13-28(2)21(14)30)16-3-4-18(27-20(29)15-5-8-31-9-6-15)19(12-16)26-7-10-32-22(23,24)25;1-10-7-12(9-22(2)15(10)23)11-3-4-13(20)14(8-11)21-5-6-24-16(17,18)19/h3-4,11-13,15,26H,5-10H2,1-2H3,(H,27,29);3-4,7-9,21H,5-6,20H2,1-2H3. The number of amides is 1. The van der Waals surface area contributed by atoms with E-state index >= 15 is 0 Å². The first-order chi connectivity index (χ1) is 26.3. The predicted octanol–water partition coefficient (Wildman–Crippen LogP) is 6.57. The number of hydrogen-bond acceptors (Lipinski definition) is 9. The number of ether oxygens (including phenoxy) is 3. The SMILES string of the molecule is Cc1cc(-c2ccc(N)c(NCCOC(F)(F)F)c2)cn(C)c1=O.Cc1cc(-c2ccc(NC(=O)C3CCOCC3)c(NCCOC(F)(F)F)c2)cn(C)c1=O. The maximum Gasteiger partial charge on any atom is 0.522 e. The quantitative estimate of drug-likeness (QED) is 0.0710. The summed E-state index contributed by atoms with van der Waals surface area (Å²) in [5.74, 6) is -0.343. The molecule has 0 spiro atoms. The minimum Gasteiger partial charge on any atom is -0.397 e. The number of aromatic nitrogens is 2. The summed E-state index contributed by atoms with van der Waals surface area (Å²) >= 11 is 0. The zero-order valence-electron chi connectivity index (χ0n) is 31.2. The van der Waals surface area contributed by atoms with E-state index < -0.39 is 25.9 Å². The summed E-state index contributed by atoms with van der Waals surface area (Å²) in [6.07, 6.45) is -4.76. The summed E-state index contributed by atoms with van der Waals surface area (Å²) in [4.78, 5) is 36.4. The minimum absolute atomic E-state index is 0.0422. The number of alkyl halides is 6. The Balaban J connectivity index is 0.000000259. The Morgan fingerprint density at radius 2 is 1.20 bits per heavy atom. The smallest absolute Gasteiger partial charge is 0.397 e. The van der Waals surface area contributed by atoms with Crippen molar-refractivity contribution in [3.63, 3.8) is 0 Å². The first kappa shape index (κ1) is 43.4. The fourth-order valence-corrected chi connectivity index (χ4v) is 5.84. The largest absolute Gasteiger partial charge is 0.522 e. The lowest BCUT2D eigenvalue weighted by Crippen LogP contribution is -2.29. The molecule has 5 N–H and O–H groups in total. The van der Waals surface area contributed by atoms with Gasteiger partial charge in [-0.15, -0.1) is 26.3 Å². The minimum atomic E-state index is -4.71. The Morgan fingerprint density at radius 1 is 0.732 bits per heavy atom. The molecule has 1 aliphatic rings. The number of anilines is 4. The van der Waals surface area contributed by atoms with Gasteiger partial charge < -0.3 is 35.6 Å². The Bertz CT molecular complexity index is 2040. The number of aryl methyl sites for hydroxylation is 4.